The highest BCUT2D eigenvalue weighted by Crippen LogP contribution is 2.26. The van der Waals surface area contributed by atoms with Crippen molar-refractivity contribution in [2.75, 3.05) is 12.4 Å². The molecule has 2 N–H and O–H groups in total. The molecule has 0 amide bonds. The van der Waals surface area contributed by atoms with Crippen LogP contribution in [0, 0.1) is 6.92 Å². The van der Waals surface area contributed by atoms with Crippen molar-refractivity contribution in [3.63, 3.8) is 0 Å². The number of nitrogens with zero attached hydrogens (tertiary/aromatic N) is 3. The summed E-state index contributed by atoms with van der Waals surface area (Å²) in [6.07, 6.45) is -1.16. The number of halogens is 3. The van der Waals surface area contributed by atoms with E-state index in [0.717, 1.165) is 5.35 Å². The number of hydrogen-bond acceptors (Lipinski definition) is 6. The first-order valence-electron chi connectivity index (χ1n) is 7.18. The lowest BCUT2D eigenvalue weighted by atomic mass is 10.2. The van der Waals surface area contributed by atoms with Gasteiger partial charge < -0.3 is 10.6 Å². The maximum atomic E-state index is 12.3. The van der Waals surface area contributed by atoms with Gasteiger partial charge >= 0.3 is 6.18 Å². The van der Waals surface area contributed by atoms with Gasteiger partial charge in [0.2, 0.25) is 0 Å². The second kappa shape index (κ2) is 8.05. The molecule has 0 spiro atoms. The number of nitrogens with two attached hydrogens (primary N) is 1. The molecule has 0 saturated carbocycles. The van der Waals surface area contributed by atoms with E-state index in [1.54, 1.807) is 12.3 Å². The zero-order valence-corrected chi connectivity index (χ0v) is 15.3. The van der Waals surface area contributed by atoms with Gasteiger partial charge in [0.25, 0.3) is 0 Å². The number of rotatable bonds is 5. The SMILES string of the molecule is C/C=c1\c(=C/S)nc(SCc2nccc(OCC(F)(F)F)c2C)n1N. The van der Waals surface area contributed by atoms with Gasteiger partial charge in [0.1, 0.15) is 5.75 Å². The fourth-order valence-electron chi connectivity index (χ4n) is 2.08. The first-order valence-corrected chi connectivity index (χ1v) is 8.68. The van der Waals surface area contributed by atoms with Crippen molar-refractivity contribution in [1.29, 1.82) is 0 Å². The molecule has 0 unspecified atom stereocenters. The Bertz CT molecular complexity index is 865. The van der Waals surface area contributed by atoms with E-state index in [4.69, 9.17) is 10.6 Å². The topological polar surface area (TPSA) is 66.0 Å². The summed E-state index contributed by atoms with van der Waals surface area (Å²) in [5, 5.41) is 3.47. The van der Waals surface area contributed by atoms with Crippen LogP contribution in [0.3, 0.4) is 0 Å². The summed E-state index contributed by atoms with van der Waals surface area (Å²) < 4.78 is 43.2. The van der Waals surface area contributed by atoms with E-state index in [1.165, 1.54) is 28.7 Å². The third kappa shape index (κ3) is 4.85. The summed E-state index contributed by atoms with van der Waals surface area (Å²) in [4.78, 5) is 8.57. The van der Waals surface area contributed by atoms with E-state index < -0.39 is 12.8 Å². The molecule has 0 bridgehead atoms. The van der Waals surface area contributed by atoms with Crippen LogP contribution in [0.2, 0.25) is 0 Å². The maximum absolute atomic E-state index is 12.3. The molecular weight excluding hydrogens is 373 g/mol. The second-order valence-electron chi connectivity index (χ2n) is 5.03. The van der Waals surface area contributed by atoms with Gasteiger partial charge in [-0.1, -0.05) is 17.8 Å². The van der Waals surface area contributed by atoms with Crippen LogP contribution in [-0.4, -0.2) is 27.4 Å². The molecule has 10 heteroatoms. The Morgan fingerprint density at radius 1 is 1.44 bits per heavy atom. The van der Waals surface area contributed by atoms with Crippen LogP contribution in [0.5, 0.6) is 5.75 Å². The van der Waals surface area contributed by atoms with Crippen molar-refractivity contribution in [2.45, 2.75) is 30.9 Å². The van der Waals surface area contributed by atoms with Crippen LogP contribution in [0.25, 0.3) is 11.5 Å². The van der Waals surface area contributed by atoms with E-state index in [-0.39, 0.29) is 5.75 Å². The summed E-state index contributed by atoms with van der Waals surface area (Å²) in [6, 6.07) is 1.41. The zero-order valence-electron chi connectivity index (χ0n) is 13.5. The van der Waals surface area contributed by atoms with Crippen molar-refractivity contribution in [1.82, 2.24) is 14.6 Å². The van der Waals surface area contributed by atoms with E-state index in [0.29, 0.717) is 27.5 Å². The number of hydrogen-bond donors (Lipinski definition) is 2. The number of imidazole rings is 1. The molecule has 0 saturated heterocycles. The highest BCUT2D eigenvalue weighted by Gasteiger charge is 2.28. The highest BCUT2D eigenvalue weighted by molar-refractivity contribution is 7.98. The predicted octanol–water partition coefficient (Wildman–Crippen LogP) is 2.00. The second-order valence-corrected chi connectivity index (χ2v) is 6.23. The quantitative estimate of drug-likeness (QED) is 0.465. The minimum Gasteiger partial charge on any atom is -0.484 e. The number of aromatic nitrogens is 3. The Balaban J connectivity index is 2.18. The molecule has 0 aliphatic heterocycles. The third-order valence-corrected chi connectivity index (χ3v) is 4.54. The van der Waals surface area contributed by atoms with Crippen LogP contribution in [-0.2, 0) is 5.75 Å². The minimum atomic E-state index is -4.39. The number of nitrogen functional groups attached to an aromatic ring is 1. The van der Waals surface area contributed by atoms with Gasteiger partial charge in [0, 0.05) is 17.5 Å². The molecular formula is C15H17F3N4OS2. The normalized spacial score (nSPS) is 13.5. The maximum Gasteiger partial charge on any atom is 0.422 e. The lowest BCUT2D eigenvalue weighted by Crippen LogP contribution is -2.33. The number of thioether (sulfide) groups is 1. The third-order valence-electron chi connectivity index (χ3n) is 3.33. The van der Waals surface area contributed by atoms with Gasteiger partial charge in [0.15, 0.2) is 11.8 Å². The van der Waals surface area contributed by atoms with Crippen LogP contribution in [0.15, 0.2) is 17.4 Å². The van der Waals surface area contributed by atoms with Crippen molar-refractivity contribution < 1.29 is 17.9 Å². The first kappa shape index (κ1) is 19.5. The molecule has 0 aliphatic carbocycles. The Morgan fingerprint density at radius 2 is 2.16 bits per heavy atom. The zero-order chi connectivity index (χ0) is 18.6. The highest BCUT2D eigenvalue weighted by atomic mass is 32.2. The fourth-order valence-corrected chi connectivity index (χ4v) is 3.22. The van der Waals surface area contributed by atoms with Gasteiger partial charge in [-0.05, 0) is 25.3 Å². The Hall–Kier alpha value is -1.81. The predicted molar refractivity (Wildman–Crippen MR) is 95.3 cm³/mol. The molecule has 2 aromatic rings. The molecule has 0 fully saturated rings. The monoisotopic (exact) mass is 390 g/mol. The fraction of sp³-hybridized carbons (Fsp3) is 0.333. The van der Waals surface area contributed by atoms with E-state index in [2.05, 4.69) is 22.6 Å². The van der Waals surface area contributed by atoms with E-state index in [1.807, 2.05) is 13.0 Å². The summed E-state index contributed by atoms with van der Waals surface area (Å²) in [5.41, 5.74) is 1.16. The minimum absolute atomic E-state index is 0.158. The van der Waals surface area contributed by atoms with Crippen molar-refractivity contribution in [3.8, 4) is 5.75 Å². The molecule has 0 aliphatic rings. The largest absolute Gasteiger partial charge is 0.484 e. The molecule has 2 aromatic heterocycles. The van der Waals surface area contributed by atoms with Crippen molar-refractivity contribution in [3.05, 3.63) is 34.2 Å². The number of pyridine rings is 1. The molecule has 25 heavy (non-hydrogen) atoms. The number of alkyl halides is 3. The summed E-state index contributed by atoms with van der Waals surface area (Å²) in [6.45, 7) is 2.17. The first-order chi connectivity index (χ1) is 11.8. The van der Waals surface area contributed by atoms with Gasteiger partial charge in [-0.15, -0.1) is 12.6 Å². The summed E-state index contributed by atoms with van der Waals surface area (Å²) in [7, 11) is 0. The Kier molecular flexibility index (Phi) is 6.28. The molecule has 0 atom stereocenters. The molecule has 0 aromatic carbocycles. The number of thiol groups is 1. The van der Waals surface area contributed by atoms with Crippen molar-refractivity contribution in [2.24, 2.45) is 0 Å². The lowest BCUT2D eigenvalue weighted by Gasteiger charge is -2.13. The molecule has 2 rings (SSSR count). The van der Waals surface area contributed by atoms with Gasteiger partial charge in [0.05, 0.1) is 16.4 Å². The smallest absolute Gasteiger partial charge is 0.422 e. The summed E-state index contributed by atoms with van der Waals surface area (Å²) in [5.74, 6) is 6.54. The Morgan fingerprint density at radius 3 is 2.72 bits per heavy atom. The lowest BCUT2D eigenvalue weighted by molar-refractivity contribution is -0.153. The molecule has 0 radical (unpaired) electrons. The van der Waals surface area contributed by atoms with Crippen LogP contribution < -0.4 is 21.3 Å². The summed E-state index contributed by atoms with van der Waals surface area (Å²) >= 11 is 5.43. The van der Waals surface area contributed by atoms with E-state index in [9.17, 15) is 13.2 Å². The molecule has 2 heterocycles. The molecule has 136 valence electrons. The van der Waals surface area contributed by atoms with Crippen LogP contribution in [0.4, 0.5) is 13.2 Å². The Labute approximate surface area is 152 Å². The average molecular weight is 390 g/mol. The van der Waals surface area contributed by atoms with Crippen molar-refractivity contribution >= 4 is 35.9 Å². The van der Waals surface area contributed by atoms with Gasteiger partial charge in [-0.2, -0.15) is 13.2 Å². The van der Waals surface area contributed by atoms with Gasteiger partial charge in [-0.25, -0.2) is 9.66 Å². The number of ether oxygens (including phenoxy) is 1. The van der Waals surface area contributed by atoms with Gasteiger partial charge in [-0.3, -0.25) is 4.98 Å². The van der Waals surface area contributed by atoms with E-state index >= 15 is 0 Å². The average Bonchev–Trinajstić information content (AvgIpc) is 2.87. The van der Waals surface area contributed by atoms with Crippen LogP contribution in [0.1, 0.15) is 18.2 Å². The van der Waals surface area contributed by atoms with Crippen LogP contribution >= 0.6 is 24.4 Å². The molecule has 5 nitrogen and oxygen atoms in total. The standard InChI is InChI=1S/C15H17F3N4OS2/c1-3-12-10(6-24)21-14(22(12)19)25-7-11-9(2)13(4-5-20-11)23-8-15(16,17)18/h3-6,24H,7-8,19H2,1-2H3/b10-6+,12-3+.